The van der Waals surface area contributed by atoms with Gasteiger partial charge in [0, 0.05) is 6.04 Å². The van der Waals surface area contributed by atoms with Gasteiger partial charge < -0.3 is 15.8 Å². The molecule has 0 radical (unpaired) electrons. The molecule has 0 heterocycles. The van der Waals surface area contributed by atoms with Crippen LogP contribution in [0, 0.1) is 0 Å². The van der Waals surface area contributed by atoms with Crippen LogP contribution < -0.4 is 15.8 Å². The van der Waals surface area contributed by atoms with Crippen molar-refractivity contribution in [2.75, 3.05) is 19.7 Å². The first-order valence-electron chi connectivity index (χ1n) is 5.94. The van der Waals surface area contributed by atoms with Crippen LogP contribution in [0.25, 0.3) is 0 Å². The summed E-state index contributed by atoms with van der Waals surface area (Å²) >= 11 is 0. The second-order valence-electron chi connectivity index (χ2n) is 3.95. The summed E-state index contributed by atoms with van der Waals surface area (Å²) in [5.74, 6) is 0.942. The third-order valence-electron chi connectivity index (χ3n) is 2.43. The standard InChI is InChI=1S/C13H22N2O/c1-12(8-9-14)15-10-5-11-16-13-6-3-2-4-7-13/h2-4,6-7,12,15H,5,8-11,14H2,1H3. The molecule has 0 aliphatic carbocycles. The van der Waals surface area contributed by atoms with Gasteiger partial charge in [0.05, 0.1) is 6.61 Å². The first-order valence-corrected chi connectivity index (χ1v) is 5.94. The monoisotopic (exact) mass is 222 g/mol. The summed E-state index contributed by atoms with van der Waals surface area (Å²) in [7, 11) is 0. The molecular weight excluding hydrogens is 200 g/mol. The lowest BCUT2D eigenvalue weighted by Gasteiger charge is -2.12. The van der Waals surface area contributed by atoms with Crippen LogP contribution in [0.15, 0.2) is 30.3 Å². The summed E-state index contributed by atoms with van der Waals surface area (Å²) in [6, 6.07) is 10.4. The zero-order chi connectivity index (χ0) is 11.6. The third-order valence-corrected chi connectivity index (χ3v) is 2.43. The molecule has 16 heavy (non-hydrogen) atoms. The number of nitrogens with two attached hydrogens (primary N) is 1. The lowest BCUT2D eigenvalue weighted by Crippen LogP contribution is -2.29. The summed E-state index contributed by atoms with van der Waals surface area (Å²) in [6.07, 6.45) is 2.04. The minimum atomic E-state index is 0.502. The Morgan fingerprint density at radius 2 is 2.06 bits per heavy atom. The van der Waals surface area contributed by atoms with Crippen molar-refractivity contribution in [2.24, 2.45) is 5.73 Å². The number of para-hydroxylation sites is 1. The molecule has 3 N–H and O–H groups in total. The fraction of sp³-hybridized carbons (Fsp3) is 0.538. The SMILES string of the molecule is CC(CCN)NCCCOc1ccccc1. The van der Waals surface area contributed by atoms with Crippen LogP contribution in [0.4, 0.5) is 0 Å². The van der Waals surface area contributed by atoms with E-state index in [0.29, 0.717) is 6.04 Å². The second kappa shape index (κ2) is 8.13. The molecule has 0 saturated heterocycles. The van der Waals surface area contributed by atoms with E-state index in [1.54, 1.807) is 0 Å². The highest BCUT2D eigenvalue weighted by Gasteiger charge is 1.98. The molecule has 0 saturated carbocycles. The zero-order valence-electron chi connectivity index (χ0n) is 9.99. The molecule has 0 aromatic heterocycles. The summed E-state index contributed by atoms with van der Waals surface area (Å²) < 4.78 is 5.58. The normalized spacial score (nSPS) is 12.4. The molecule has 90 valence electrons. The Kier molecular flexibility index (Phi) is 6.61. The number of ether oxygens (including phenoxy) is 1. The van der Waals surface area contributed by atoms with Crippen LogP contribution in [0.3, 0.4) is 0 Å². The van der Waals surface area contributed by atoms with Crippen molar-refractivity contribution in [1.82, 2.24) is 5.32 Å². The second-order valence-corrected chi connectivity index (χ2v) is 3.95. The molecule has 0 bridgehead atoms. The number of nitrogens with one attached hydrogen (secondary N) is 1. The van der Waals surface area contributed by atoms with E-state index in [-0.39, 0.29) is 0 Å². The molecule has 0 aliphatic rings. The quantitative estimate of drug-likeness (QED) is 0.659. The van der Waals surface area contributed by atoms with E-state index >= 15 is 0 Å². The predicted molar refractivity (Wildman–Crippen MR) is 67.7 cm³/mol. The van der Waals surface area contributed by atoms with Crippen LogP contribution in [-0.2, 0) is 0 Å². The van der Waals surface area contributed by atoms with Crippen LogP contribution >= 0.6 is 0 Å². The van der Waals surface area contributed by atoms with E-state index in [9.17, 15) is 0 Å². The average molecular weight is 222 g/mol. The average Bonchev–Trinajstić information content (AvgIpc) is 2.30. The van der Waals surface area contributed by atoms with Gasteiger partial charge >= 0.3 is 0 Å². The smallest absolute Gasteiger partial charge is 0.119 e. The van der Waals surface area contributed by atoms with E-state index < -0.39 is 0 Å². The van der Waals surface area contributed by atoms with Gasteiger partial charge in [-0.25, -0.2) is 0 Å². The van der Waals surface area contributed by atoms with Gasteiger partial charge in [-0.1, -0.05) is 18.2 Å². The van der Waals surface area contributed by atoms with Crippen LogP contribution in [-0.4, -0.2) is 25.7 Å². The minimum Gasteiger partial charge on any atom is -0.494 e. The van der Waals surface area contributed by atoms with Crippen LogP contribution in [0.5, 0.6) is 5.75 Å². The van der Waals surface area contributed by atoms with Crippen molar-refractivity contribution >= 4 is 0 Å². The van der Waals surface area contributed by atoms with Crippen molar-refractivity contribution < 1.29 is 4.74 Å². The van der Waals surface area contributed by atoms with Crippen molar-refractivity contribution in [3.05, 3.63) is 30.3 Å². The van der Waals surface area contributed by atoms with E-state index in [4.69, 9.17) is 10.5 Å². The van der Waals surface area contributed by atoms with Gasteiger partial charge in [-0.3, -0.25) is 0 Å². The molecule has 3 heteroatoms. The molecule has 1 atom stereocenters. The molecule has 0 amide bonds. The van der Waals surface area contributed by atoms with Crippen LogP contribution in [0.2, 0.25) is 0 Å². The Morgan fingerprint density at radius 3 is 2.75 bits per heavy atom. The number of benzene rings is 1. The number of rotatable bonds is 8. The Labute approximate surface area is 98.0 Å². The first kappa shape index (κ1) is 13.0. The highest BCUT2D eigenvalue weighted by atomic mass is 16.5. The lowest BCUT2D eigenvalue weighted by molar-refractivity contribution is 0.305. The molecule has 0 aliphatic heterocycles. The predicted octanol–water partition coefficient (Wildman–Crippen LogP) is 1.78. The maximum Gasteiger partial charge on any atom is 0.119 e. The highest BCUT2D eigenvalue weighted by Crippen LogP contribution is 2.07. The number of hydrogen-bond donors (Lipinski definition) is 2. The number of hydrogen-bond acceptors (Lipinski definition) is 3. The lowest BCUT2D eigenvalue weighted by atomic mass is 10.2. The topological polar surface area (TPSA) is 47.3 Å². The van der Waals surface area contributed by atoms with Gasteiger partial charge in [0.1, 0.15) is 5.75 Å². The molecule has 3 nitrogen and oxygen atoms in total. The molecule has 1 unspecified atom stereocenters. The van der Waals surface area contributed by atoms with Crippen molar-refractivity contribution in [2.45, 2.75) is 25.8 Å². The van der Waals surface area contributed by atoms with Crippen molar-refractivity contribution in [3.8, 4) is 5.75 Å². The summed E-state index contributed by atoms with van der Waals surface area (Å²) in [5, 5.41) is 3.41. The van der Waals surface area contributed by atoms with Gasteiger partial charge in [-0.05, 0) is 45.0 Å². The van der Waals surface area contributed by atoms with E-state index in [0.717, 1.165) is 38.3 Å². The largest absolute Gasteiger partial charge is 0.494 e. The van der Waals surface area contributed by atoms with E-state index in [1.165, 1.54) is 0 Å². The fourth-order valence-electron chi connectivity index (χ4n) is 1.48. The highest BCUT2D eigenvalue weighted by molar-refractivity contribution is 5.20. The Balaban J connectivity index is 2.00. The Bertz CT molecular complexity index is 264. The molecule has 1 rings (SSSR count). The van der Waals surface area contributed by atoms with Gasteiger partial charge in [0.15, 0.2) is 0 Å². The van der Waals surface area contributed by atoms with Crippen molar-refractivity contribution in [3.63, 3.8) is 0 Å². The van der Waals surface area contributed by atoms with E-state index in [1.807, 2.05) is 30.3 Å². The van der Waals surface area contributed by atoms with Crippen molar-refractivity contribution in [1.29, 1.82) is 0 Å². The van der Waals surface area contributed by atoms with Gasteiger partial charge in [0.25, 0.3) is 0 Å². The van der Waals surface area contributed by atoms with E-state index in [2.05, 4.69) is 12.2 Å². The maximum atomic E-state index is 5.58. The Morgan fingerprint density at radius 1 is 1.31 bits per heavy atom. The fourth-order valence-corrected chi connectivity index (χ4v) is 1.48. The molecule has 1 aromatic carbocycles. The van der Waals surface area contributed by atoms with Gasteiger partial charge in [-0.15, -0.1) is 0 Å². The summed E-state index contributed by atoms with van der Waals surface area (Å²) in [4.78, 5) is 0. The van der Waals surface area contributed by atoms with Gasteiger partial charge in [0.2, 0.25) is 0 Å². The summed E-state index contributed by atoms with van der Waals surface area (Å²) in [6.45, 7) is 4.64. The molecular formula is C13H22N2O. The van der Waals surface area contributed by atoms with Gasteiger partial charge in [-0.2, -0.15) is 0 Å². The zero-order valence-corrected chi connectivity index (χ0v) is 9.99. The molecule has 0 fully saturated rings. The third kappa shape index (κ3) is 5.73. The molecule has 0 spiro atoms. The summed E-state index contributed by atoms with van der Waals surface area (Å²) in [5.41, 5.74) is 5.47. The first-order chi connectivity index (χ1) is 7.83. The van der Waals surface area contributed by atoms with Crippen LogP contribution in [0.1, 0.15) is 19.8 Å². The Hall–Kier alpha value is -1.06. The minimum absolute atomic E-state index is 0.502. The molecule has 1 aromatic rings. The maximum absolute atomic E-state index is 5.58.